The minimum absolute atomic E-state index is 0.452. The van der Waals surface area contributed by atoms with Crippen LogP contribution in [-0.4, -0.2) is 58.2 Å². The molecule has 0 saturated carbocycles. The van der Waals surface area contributed by atoms with Crippen LogP contribution in [0.3, 0.4) is 0 Å². The summed E-state index contributed by atoms with van der Waals surface area (Å²) >= 11 is 0. The molecule has 1 aromatic carbocycles. The highest BCUT2D eigenvalue weighted by atomic mass is 32.2. The minimum Gasteiger partial charge on any atom is -0.497 e. The standard InChI is InChI=1S/C18H30N4O3S/c1-4-19-18(21-14-16-6-5-7-17(12-16)25-2)20-13-15-8-10-22(11-9-15)26(3,23)24/h5-7,12,15H,4,8-11,13-14H2,1-3H3,(H2,19,20,21). The summed E-state index contributed by atoms with van der Waals surface area (Å²) in [6.07, 6.45) is 3.02. The van der Waals surface area contributed by atoms with Gasteiger partial charge in [0.25, 0.3) is 0 Å². The molecule has 1 fully saturated rings. The normalized spacial score (nSPS) is 17.1. The number of sulfonamides is 1. The molecule has 1 heterocycles. The van der Waals surface area contributed by atoms with E-state index >= 15 is 0 Å². The van der Waals surface area contributed by atoms with Gasteiger partial charge >= 0.3 is 0 Å². The largest absolute Gasteiger partial charge is 0.497 e. The predicted octanol–water partition coefficient (Wildman–Crippen LogP) is 1.42. The summed E-state index contributed by atoms with van der Waals surface area (Å²) in [6, 6.07) is 7.88. The molecule has 7 nitrogen and oxygen atoms in total. The van der Waals surface area contributed by atoms with Crippen LogP contribution in [0.25, 0.3) is 0 Å². The third-order valence-electron chi connectivity index (χ3n) is 4.50. The smallest absolute Gasteiger partial charge is 0.211 e. The van der Waals surface area contributed by atoms with Crippen LogP contribution >= 0.6 is 0 Å². The van der Waals surface area contributed by atoms with Crippen molar-refractivity contribution in [3.05, 3.63) is 29.8 Å². The zero-order chi connectivity index (χ0) is 19.0. The monoisotopic (exact) mass is 382 g/mol. The maximum Gasteiger partial charge on any atom is 0.211 e. The van der Waals surface area contributed by atoms with Crippen LogP contribution < -0.4 is 15.4 Å². The number of nitrogens with zero attached hydrogens (tertiary/aromatic N) is 2. The number of guanidine groups is 1. The van der Waals surface area contributed by atoms with Crippen LogP contribution in [0.1, 0.15) is 25.3 Å². The van der Waals surface area contributed by atoms with Crippen LogP contribution in [0.4, 0.5) is 0 Å². The highest BCUT2D eigenvalue weighted by Crippen LogP contribution is 2.18. The Morgan fingerprint density at radius 2 is 2.04 bits per heavy atom. The molecule has 0 bridgehead atoms. The van der Waals surface area contributed by atoms with Crippen molar-refractivity contribution in [3.8, 4) is 5.75 Å². The van der Waals surface area contributed by atoms with Crippen molar-refractivity contribution in [1.82, 2.24) is 14.9 Å². The first kappa shape index (κ1) is 20.5. The minimum atomic E-state index is -3.07. The molecule has 0 aromatic heterocycles. The second-order valence-corrected chi connectivity index (χ2v) is 8.52. The molecule has 2 N–H and O–H groups in total. The number of nitrogens with one attached hydrogen (secondary N) is 2. The van der Waals surface area contributed by atoms with Gasteiger partial charge in [0.15, 0.2) is 5.96 Å². The summed E-state index contributed by atoms with van der Waals surface area (Å²) in [4.78, 5) is 4.63. The van der Waals surface area contributed by atoms with Crippen molar-refractivity contribution in [1.29, 1.82) is 0 Å². The van der Waals surface area contributed by atoms with Gasteiger partial charge in [-0.15, -0.1) is 0 Å². The number of piperidine rings is 1. The number of rotatable bonds is 7. The van der Waals surface area contributed by atoms with E-state index in [0.717, 1.165) is 43.2 Å². The topological polar surface area (TPSA) is 83.0 Å². The second-order valence-electron chi connectivity index (χ2n) is 6.53. The molecule has 0 atom stereocenters. The molecule has 26 heavy (non-hydrogen) atoms. The van der Waals surface area contributed by atoms with E-state index in [1.54, 1.807) is 11.4 Å². The summed E-state index contributed by atoms with van der Waals surface area (Å²) in [5.74, 6) is 2.06. The second kappa shape index (κ2) is 9.78. The fourth-order valence-corrected chi connectivity index (χ4v) is 3.84. The first-order chi connectivity index (χ1) is 12.4. The lowest BCUT2D eigenvalue weighted by molar-refractivity contribution is 0.275. The lowest BCUT2D eigenvalue weighted by atomic mass is 9.98. The van der Waals surface area contributed by atoms with Crippen molar-refractivity contribution < 1.29 is 13.2 Å². The van der Waals surface area contributed by atoms with E-state index in [9.17, 15) is 8.42 Å². The lowest BCUT2D eigenvalue weighted by Crippen LogP contribution is -2.44. The molecule has 146 valence electrons. The first-order valence-electron chi connectivity index (χ1n) is 9.02. The van der Waals surface area contributed by atoms with Crippen LogP contribution in [0.2, 0.25) is 0 Å². The molecule has 0 radical (unpaired) electrons. The van der Waals surface area contributed by atoms with E-state index in [2.05, 4.69) is 15.6 Å². The summed E-state index contributed by atoms with van der Waals surface area (Å²) in [5, 5.41) is 6.64. The molecule has 0 unspecified atom stereocenters. The van der Waals surface area contributed by atoms with Crippen LogP contribution in [0.15, 0.2) is 29.3 Å². The van der Waals surface area contributed by atoms with E-state index < -0.39 is 10.0 Å². The maximum absolute atomic E-state index is 11.6. The lowest BCUT2D eigenvalue weighted by Gasteiger charge is -2.30. The number of hydrogen-bond donors (Lipinski definition) is 2. The molecular formula is C18H30N4O3S. The molecule has 8 heteroatoms. The Bertz CT molecular complexity index is 698. The van der Waals surface area contributed by atoms with E-state index in [4.69, 9.17) is 4.74 Å². The highest BCUT2D eigenvalue weighted by Gasteiger charge is 2.24. The predicted molar refractivity (Wildman–Crippen MR) is 105 cm³/mol. The summed E-state index contributed by atoms with van der Waals surface area (Å²) in [7, 11) is -1.41. The molecule has 1 aromatic rings. The van der Waals surface area contributed by atoms with Crippen LogP contribution in [0, 0.1) is 5.92 Å². The molecule has 2 rings (SSSR count). The van der Waals surface area contributed by atoms with Gasteiger partial charge in [-0.1, -0.05) is 12.1 Å². The Kier molecular flexibility index (Phi) is 7.71. The van der Waals surface area contributed by atoms with Gasteiger partial charge in [0.05, 0.1) is 19.9 Å². The van der Waals surface area contributed by atoms with Crippen molar-refractivity contribution in [3.63, 3.8) is 0 Å². The third-order valence-corrected chi connectivity index (χ3v) is 5.80. The number of benzene rings is 1. The zero-order valence-electron chi connectivity index (χ0n) is 15.9. The molecule has 1 aliphatic heterocycles. The molecular weight excluding hydrogens is 352 g/mol. The van der Waals surface area contributed by atoms with E-state index in [0.29, 0.717) is 25.6 Å². The number of hydrogen-bond acceptors (Lipinski definition) is 4. The van der Waals surface area contributed by atoms with Gasteiger partial charge in [-0.3, -0.25) is 0 Å². The van der Waals surface area contributed by atoms with Crippen LogP contribution in [0.5, 0.6) is 5.75 Å². The van der Waals surface area contributed by atoms with E-state index in [1.165, 1.54) is 6.26 Å². The maximum atomic E-state index is 11.6. The number of methoxy groups -OCH3 is 1. The Labute approximate surface area is 156 Å². The van der Waals surface area contributed by atoms with Crippen LogP contribution in [-0.2, 0) is 16.6 Å². The SMILES string of the molecule is CCNC(=NCc1cccc(OC)c1)NCC1CCN(S(C)(=O)=O)CC1. The van der Waals surface area contributed by atoms with Gasteiger partial charge in [-0.05, 0) is 43.4 Å². The highest BCUT2D eigenvalue weighted by molar-refractivity contribution is 7.88. The fourth-order valence-electron chi connectivity index (χ4n) is 2.97. The molecule has 1 saturated heterocycles. The van der Waals surface area contributed by atoms with Crippen molar-refractivity contribution in [2.45, 2.75) is 26.3 Å². The Balaban J connectivity index is 1.86. The van der Waals surface area contributed by atoms with Crippen molar-refractivity contribution in [2.75, 3.05) is 39.5 Å². The summed E-state index contributed by atoms with van der Waals surface area (Å²) < 4.78 is 30.0. The zero-order valence-corrected chi connectivity index (χ0v) is 16.7. The molecule has 0 amide bonds. The van der Waals surface area contributed by atoms with E-state index in [-0.39, 0.29) is 0 Å². The van der Waals surface area contributed by atoms with E-state index in [1.807, 2.05) is 31.2 Å². The Morgan fingerprint density at radius 1 is 1.31 bits per heavy atom. The van der Waals surface area contributed by atoms with Gasteiger partial charge in [-0.25, -0.2) is 17.7 Å². The number of aliphatic imine (C=N–C) groups is 1. The quantitative estimate of drug-likeness (QED) is 0.550. The Morgan fingerprint density at radius 3 is 2.65 bits per heavy atom. The van der Waals surface area contributed by atoms with Gasteiger partial charge in [0.1, 0.15) is 5.75 Å². The molecule has 0 aliphatic carbocycles. The molecule has 0 spiro atoms. The fraction of sp³-hybridized carbons (Fsp3) is 0.611. The summed E-state index contributed by atoms with van der Waals surface area (Å²) in [6.45, 7) is 5.38. The van der Waals surface area contributed by atoms with Gasteiger partial charge in [-0.2, -0.15) is 0 Å². The Hall–Kier alpha value is -1.80. The number of ether oxygens (including phenoxy) is 1. The van der Waals surface area contributed by atoms with Crippen molar-refractivity contribution in [2.24, 2.45) is 10.9 Å². The average molecular weight is 383 g/mol. The van der Waals surface area contributed by atoms with Crippen molar-refractivity contribution >= 4 is 16.0 Å². The van der Waals surface area contributed by atoms with Gasteiger partial charge in [0, 0.05) is 26.2 Å². The molecule has 1 aliphatic rings. The average Bonchev–Trinajstić information content (AvgIpc) is 2.64. The van der Waals surface area contributed by atoms with Gasteiger partial charge in [0.2, 0.25) is 10.0 Å². The third kappa shape index (κ3) is 6.49. The first-order valence-corrected chi connectivity index (χ1v) is 10.9. The van der Waals surface area contributed by atoms with Gasteiger partial charge < -0.3 is 15.4 Å². The summed E-state index contributed by atoms with van der Waals surface area (Å²) in [5.41, 5.74) is 1.09.